The van der Waals surface area contributed by atoms with Crippen LogP contribution in [0.3, 0.4) is 0 Å². The Bertz CT molecular complexity index is 3160. The fourth-order valence-electron chi connectivity index (χ4n) is 9.09. The minimum Gasteiger partial charge on any atom is -0.870 e. The van der Waals surface area contributed by atoms with Gasteiger partial charge in [-0.25, -0.2) is 28.5 Å². The van der Waals surface area contributed by atoms with Crippen molar-refractivity contribution in [3.63, 3.8) is 0 Å². The topological polar surface area (TPSA) is 304 Å². The zero-order valence-corrected chi connectivity index (χ0v) is 55.3. The smallest absolute Gasteiger partial charge is 0.870 e. The maximum atomic E-state index is 14.2. The number of carbonyl (C=O) groups is 9. The second kappa shape index (κ2) is 46.3. The summed E-state index contributed by atoms with van der Waals surface area (Å²) in [6.07, 6.45) is 3.13. The molecule has 0 radical (unpaired) electrons. The molecule has 5 N–H and O–H groups in total. The van der Waals surface area contributed by atoms with E-state index >= 15 is 0 Å². The molecule has 22 nitrogen and oxygen atoms in total. The molecule has 0 aromatic heterocycles. The first-order chi connectivity index (χ1) is 43.5. The summed E-state index contributed by atoms with van der Waals surface area (Å²) in [6, 6.07) is 23.3. The number of hydrogen-bond donors (Lipinski definition) is 3. The summed E-state index contributed by atoms with van der Waals surface area (Å²) in [5.74, 6) is -7.30. The Balaban J connectivity index is -0.00000115. The van der Waals surface area contributed by atoms with Crippen LogP contribution in [0.2, 0.25) is 10.0 Å². The van der Waals surface area contributed by atoms with Gasteiger partial charge in [0.2, 0.25) is 35.6 Å². The summed E-state index contributed by atoms with van der Waals surface area (Å²) in [6.45, 7) is 11.1. The van der Waals surface area contributed by atoms with E-state index in [1.165, 1.54) is 46.7 Å². The summed E-state index contributed by atoms with van der Waals surface area (Å²) in [7, 11) is 3.98. The van der Waals surface area contributed by atoms with Crippen molar-refractivity contribution in [2.45, 2.75) is 160 Å². The predicted octanol–water partition coefficient (Wildman–Crippen LogP) is 7.38. The Hall–Kier alpha value is -7.90. The van der Waals surface area contributed by atoms with E-state index in [1.807, 2.05) is 38.2 Å². The number of ether oxygens (including phenoxy) is 2. The number of likely N-dealkylation sites (N-methyl/N-ethyl adjacent to an activating group) is 1. The van der Waals surface area contributed by atoms with Crippen LogP contribution in [-0.4, -0.2) is 158 Å². The van der Waals surface area contributed by atoms with Gasteiger partial charge >= 0.3 is 35.7 Å². The van der Waals surface area contributed by atoms with Gasteiger partial charge in [0.25, 0.3) is 30.7 Å². The Morgan fingerprint density at radius 1 is 0.779 bits per heavy atom. The van der Waals surface area contributed by atoms with E-state index in [0.29, 0.717) is 55.3 Å². The van der Waals surface area contributed by atoms with Gasteiger partial charge < -0.3 is 50.9 Å². The molecule has 31 heteroatoms. The maximum absolute atomic E-state index is 14.2. The molecule has 1 unspecified atom stereocenters. The first-order valence-corrected chi connectivity index (χ1v) is 28.6. The molecular weight excluding hydrogens is 1310 g/mol. The number of nitrogen functional groups attached to an aromatic ring is 1. The average Bonchev–Trinajstić information content (AvgIpc) is 1.08. The van der Waals surface area contributed by atoms with Gasteiger partial charge in [-0.1, -0.05) is 92.7 Å². The number of halogens is 8. The van der Waals surface area contributed by atoms with Crippen molar-refractivity contribution in [3.05, 3.63) is 141 Å². The summed E-state index contributed by atoms with van der Waals surface area (Å²) in [5.41, 5.74) is 8.38. The van der Waals surface area contributed by atoms with Crippen LogP contribution in [-0.2, 0) is 57.4 Å². The van der Waals surface area contributed by atoms with E-state index in [-0.39, 0.29) is 134 Å². The Kier molecular flexibility index (Phi) is 43.4. The van der Waals surface area contributed by atoms with Crippen molar-refractivity contribution in [1.82, 2.24) is 25.3 Å². The van der Waals surface area contributed by atoms with Crippen molar-refractivity contribution in [2.24, 2.45) is 0 Å². The molecule has 4 heterocycles. The maximum Gasteiger partial charge on any atom is 1.00 e. The van der Waals surface area contributed by atoms with Gasteiger partial charge in [0.15, 0.2) is 18.7 Å². The van der Waals surface area contributed by atoms with Gasteiger partial charge in [-0.2, -0.15) is 9.59 Å². The monoisotopic (exact) mass is 1390 g/mol. The van der Waals surface area contributed by atoms with Crippen molar-refractivity contribution < 1.29 is 125 Å². The van der Waals surface area contributed by atoms with Gasteiger partial charge in [-0.05, 0) is 74.7 Å². The average molecular weight is 1400 g/mol. The number of aldehydes is 1. The van der Waals surface area contributed by atoms with E-state index in [1.54, 1.807) is 54.4 Å². The number of likely N-dealkylation sites (tertiary alicyclic amines) is 3. The first kappa shape index (κ1) is 89.2. The number of hydrogen-bond acceptors (Lipinski definition) is 15. The molecule has 6 fully saturated rings. The van der Waals surface area contributed by atoms with Crippen LogP contribution < -0.4 is 50.8 Å². The third-order valence-electron chi connectivity index (χ3n) is 14.2. The summed E-state index contributed by atoms with van der Waals surface area (Å²) >= 11 is 12.0. The van der Waals surface area contributed by atoms with Crippen molar-refractivity contribution in [1.29, 1.82) is 0 Å². The number of aryl methyl sites for hydroxylation is 1. The molecule has 6 aliphatic rings. The number of nitrogens with two attached hydrogens (primary N) is 1. The van der Waals surface area contributed by atoms with Gasteiger partial charge in [-0.15, -0.1) is 0 Å². The zero-order chi connectivity index (χ0) is 69.3. The zero-order valence-electron chi connectivity index (χ0n) is 52.8. The number of nitrogens with zero attached hydrogens (tertiary/aromatic N) is 5. The van der Waals surface area contributed by atoms with E-state index in [9.17, 15) is 69.5 Å². The number of alkyl halides is 5. The molecular formula is C64H81Cl2F6N8NaO14. The van der Waals surface area contributed by atoms with E-state index in [0.717, 1.165) is 35.8 Å². The number of nitrogens with one attached hydrogen (secondary N) is 2. The summed E-state index contributed by atoms with van der Waals surface area (Å²) in [5, 5.41) is 5.72. The van der Waals surface area contributed by atoms with Crippen molar-refractivity contribution in [2.75, 3.05) is 38.9 Å². The van der Waals surface area contributed by atoms with Crippen LogP contribution >= 0.6 is 23.2 Å². The molecule has 4 saturated heterocycles. The van der Waals surface area contributed by atoms with Gasteiger partial charge in [-0.3, -0.25) is 52.4 Å². The van der Waals surface area contributed by atoms with Crippen molar-refractivity contribution in [3.8, 4) is 0 Å². The molecule has 0 bridgehead atoms. The quantitative estimate of drug-likeness (QED) is 0.0434. The predicted molar refractivity (Wildman–Crippen MR) is 337 cm³/mol. The molecule has 6 amide bonds. The third kappa shape index (κ3) is 31.0. The second-order valence-electron chi connectivity index (χ2n) is 20.8. The SMILES string of the molecule is C.C.CN1C(=O)CC[C@H]1C(=O)N(c1cccc(F)c1)C(C(=O)NC1CC(F)(F)C1)c1ccccc1Cl.CN1C(=O)CC[C@H]1OC=O.C[C@@H]1CCC(=O)N1C.Cc1cccc(N)c1.O=C=O.O=CO[C@@H]1CCC(=O)N1.O=Cc1ccccc1Cl.[2H]CF.[C-]#[N+]C1CC(F)(F)C1.[Na+].[OH-]. The summed E-state index contributed by atoms with van der Waals surface area (Å²) in [4.78, 5) is 126. The molecule has 4 aromatic rings. The molecule has 5 atom stereocenters. The van der Waals surface area contributed by atoms with Crippen LogP contribution in [0.15, 0.2) is 97.1 Å². The standard InChI is InChI=1S/C24H23ClF3N3O3.C7H5ClO.C7H9N.C6H9NO3.C6H11NO.C5H5F2N.C5H7NO3.CH3F.CO2.2CH4.Na.H2O/c1-30-19(9-10-20(30)32)23(34)31(16-6-4-5-14(26)11-16)21(17-7-2-3-8-18(17)25)22(33)29-15-12-24(27,28)13-15;8-7-4-2-1-3-6(7)5-9;1-6-3-2-4-7(8)5-6;1-7-5(9)2-3-6(7)10-4-8;1-5-3-4-6(8)7(5)2;1-8-4-2-5(6,7)3-4;7-3-9-5-2-1-4(8)6-5;1-2;2-1-3;;;;/h2-8,11,15,19,21H,9-10,12-13H2,1H3,(H,29,33);1-5H;2-5H,8H2,1H3;4,6H,2-3H2,1H3;5H,3-4H2,1-2H3;4H,2-3H2;3,5H,1-2H2,(H,6,8);1H3;;2*1H4;;1H2/q;;;;;;;;;;;+1;/p-1/t19-,21?;;;6-;5-;;5-;;;;;;/m0..11.1....../s1/i;;;;;;;1D;;;;;. The van der Waals surface area contributed by atoms with E-state index < -0.39 is 73.6 Å². The minimum atomic E-state index is -2.86. The molecule has 2 saturated carbocycles. The molecule has 0 spiro atoms. The number of rotatable bonds is 11. The molecule has 518 valence electrons. The number of amides is 6. The third-order valence-corrected chi connectivity index (χ3v) is 14.9. The number of benzene rings is 4. The van der Waals surface area contributed by atoms with Gasteiger partial charge in [0.1, 0.15) is 17.9 Å². The normalized spacial score (nSPS) is 19.0. The molecule has 10 rings (SSSR count). The minimum absolute atomic E-state index is 0. The molecule has 4 aliphatic heterocycles. The van der Waals surface area contributed by atoms with Crippen LogP contribution in [0.5, 0.6) is 0 Å². The fourth-order valence-corrected chi connectivity index (χ4v) is 9.51. The largest absolute Gasteiger partial charge is 1.00 e. The van der Waals surface area contributed by atoms with Crippen LogP contribution in [0, 0.1) is 19.3 Å². The fraction of sp³-hybridized carbons (Fsp3) is 0.453. The van der Waals surface area contributed by atoms with E-state index in [4.69, 9.17) is 46.5 Å². The molecule has 95 heavy (non-hydrogen) atoms. The van der Waals surface area contributed by atoms with Crippen LogP contribution in [0.25, 0.3) is 4.85 Å². The van der Waals surface area contributed by atoms with Gasteiger partial charge in [0, 0.05) is 112 Å². The Morgan fingerprint density at radius 2 is 1.31 bits per heavy atom. The molecule has 4 aromatic carbocycles. The van der Waals surface area contributed by atoms with E-state index in [2.05, 4.69) is 31.9 Å². The molecule has 2 aliphatic carbocycles. The second-order valence-corrected chi connectivity index (χ2v) is 21.6. The van der Waals surface area contributed by atoms with Crippen molar-refractivity contribution >= 4 is 95.4 Å². The number of carbonyl (C=O) groups excluding carboxylic acids is 11. The van der Waals surface area contributed by atoms with Crippen LogP contribution in [0.1, 0.15) is 128 Å². The summed E-state index contributed by atoms with van der Waals surface area (Å²) < 4.78 is 89.2. The Morgan fingerprint density at radius 3 is 1.68 bits per heavy atom. The Labute approximate surface area is 582 Å². The van der Waals surface area contributed by atoms with Crippen LogP contribution in [0.4, 0.5) is 37.7 Å². The first-order valence-electron chi connectivity index (χ1n) is 28.5. The number of anilines is 2. The van der Waals surface area contributed by atoms with Gasteiger partial charge in [0.05, 0.1) is 26.4 Å².